The van der Waals surface area contributed by atoms with E-state index in [0.29, 0.717) is 18.0 Å². The van der Waals surface area contributed by atoms with Crippen LogP contribution in [0.15, 0.2) is 36.8 Å². The molecule has 1 aliphatic carbocycles. The Morgan fingerprint density at radius 3 is 2.90 bits per heavy atom. The molecule has 0 radical (unpaired) electrons. The van der Waals surface area contributed by atoms with E-state index in [9.17, 15) is 4.79 Å². The molecule has 0 amide bonds. The summed E-state index contributed by atoms with van der Waals surface area (Å²) in [6.45, 7) is 0.666. The third kappa shape index (κ3) is 3.13. The highest BCUT2D eigenvalue weighted by molar-refractivity contribution is 5.88. The van der Waals surface area contributed by atoms with Crippen LogP contribution >= 0.6 is 0 Å². The summed E-state index contributed by atoms with van der Waals surface area (Å²) in [7, 11) is 1.36. The average molecular weight is 285 g/mol. The number of hydrogen-bond acceptors (Lipinski definition) is 4. The van der Waals surface area contributed by atoms with Gasteiger partial charge in [0, 0.05) is 24.6 Å². The number of hydrogen-bond donors (Lipinski definition) is 1. The van der Waals surface area contributed by atoms with E-state index in [1.807, 2.05) is 12.3 Å². The van der Waals surface area contributed by atoms with Crippen molar-refractivity contribution in [2.24, 2.45) is 11.7 Å². The maximum absolute atomic E-state index is 11.3. The first kappa shape index (κ1) is 13.8. The summed E-state index contributed by atoms with van der Waals surface area (Å²) in [5.41, 5.74) is 8.74. The van der Waals surface area contributed by atoms with E-state index in [1.165, 1.54) is 25.5 Å². The highest BCUT2D eigenvalue weighted by atomic mass is 16.5. The van der Waals surface area contributed by atoms with Crippen molar-refractivity contribution >= 4 is 5.97 Å². The molecule has 2 aromatic rings. The van der Waals surface area contributed by atoms with Gasteiger partial charge in [0.25, 0.3) is 0 Å². The number of pyridine rings is 1. The monoisotopic (exact) mass is 285 g/mol. The van der Waals surface area contributed by atoms with Crippen molar-refractivity contribution in [1.29, 1.82) is 0 Å². The molecule has 110 valence electrons. The maximum Gasteiger partial charge on any atom is 0.339 e. The summed E-state index contributed by atoms with van der Waals surface area (Å²) in [5.74, 6) is 0.283. The maximum atomic E-state index is 11.3. The topological polar surface area (TPSA) is 70.1 Å². The quantitative estimate of drug-likeness (QED) is 0.854. The van der Waals surface area contributed by atoms with Gasteiger partial charge in [-0.25, -0.2) is 4.79 Å². The van der Waals surface area contributed by atoms with E-state index in [4.69, 9.17) is 5.73 Å². The van der Waals surface area contributed by atoms with Gasteiger partial charge in [0.15, 0.2) is 0 Å². The van der Waals surface area contributed by atoms with E-state index in [-0.39, 0.29) is 12.0 Å². The van der Waals surface area contributed by atoms with E-state index in [2.05, 4.69) is 26.6 Å². The van der Waals surface area contributed by atoms with Gasteiger partial charge >= 0.3 is 5.97 Å². The molecule has 0 spiro atoms. The zero-order valence-corrected chi connectivity index (χ0v) is 12.0. The number of carbonyl (C=O) groups is 1. The SMILES string of the molecule is COC(=O)c1ccc(Cn2ccc(C(N)C3CC3)c2)nc1. The molecule has 0 aromatic carbocycles. The minimum absolute atomic E-state index is 0.154. The molecule has 2 aromatic heterocycles. The van der Waals surface area contributed by atoms with Gasteiger partial charge in [-0.1, -0.05) is 0 Å². The molecule has 2 heterocycles. The Bertz CT molecular complexity index is 629. The Kier molecular flexibility index (Phi) is 3.75. The Labute approximate surface area is 123 Å². The van der Waals surface area contributed by atoms with Gasteiger partial charge in [-0.2, -0.15) is 0 Å². The van der Waals surface area contributed by atoms with E-state index >= 15 is 0 Å². The van der Waals surface area contributed by atoms with Crippen molar-refractivity contribution in [3.05, 3.63) is 53.6 Å². The molecular weight excluding hydrogens is 266 g/mol. The Hall–Kier alpha value is -2.14. The summed E-state index contributed by atoms with van der Waals surface area (Å²) < 4.78 is 6.72. The van der Waals surface area contributed by atoms with Crippen LogP contribution in [-0.4, -0.2) is 22.6 Å². The van der Waals surface area contributed by atoms with E-state index in [1.54, 1.807) is 12.3 Å². The molecule has 21 heavy (non-hydrogen) atoms. The van der Waals surface area contributed by atoms with Crippen LogP contribution in [0, 0.1) is 5.92 Å². The zero-order valence-electron chi connectivity index (χ0n) is 12.0. The number of nitrogens with zero attached hydrogens (tertiary/aromatic N) is 2. The van der Waals surface area contributed by atoms with Crippen molar-refractivity contribution < 1.29 is 9.53 Å². The molecule has 0 aliphatic heterocycles. The highest BCUT2D eigenvalue weighted by Gasteiger charge is 2.29. The van der Waals surface area contributed by atoms with Crippen molar-refractivity contribution in [3.8, 4) is 0 Å². The van der Waals surface area contributed by atoms with Gasteiger partial charge in [-0.05, 0) is 42.5 Å². The molecule has 1 aliphatic rings. The first-order chi connectivity index (χ1) is 10.2. The summed E-state index contributed by atoms with van der Waals surface area (Å²) in [4.78, 5) is 15.6. The second-order valence-corrected chi connectivity index (χ2v) is 5.51. The standard InChI is InChI=1S/C16H19N3O2/c1-21-16(20)12-4-5-14(18-8-12)10-19-7-6-13(9-19)15(17)11-2-3-11/h4-9,11,15H,2-3,10,17H2,1H3. The molecule has 1 fully saturated rings. The minimum Gasteiger partial charge on any atom is -0.465 e. The number of methoxy groups -OCH3 is 1. The van der Waals surface area contributed by atoms with Crippen LogP contribution in [0.5, 0.6) is 0 Å². The summed E-state index contributed by atoms with van der Waals surface area (Å²) in [5, 5.41) is 0. The van der Waals surface area contributed by atoms with E-state index < -0.39 is 0 Å². The summed E-state index contributed by atoms with van der Waals surface area (Å²) >= 11 is 0. The third-order valence-electron chi connectivity index (χ3n) is 3.88. The second-order valence-electron chi connectivity index (χ2n) is 5.51. The van der Waals surface area contributed by atoms with Crippen LogP contribution in [0.3, 0.4) is 0 Å². The van der Waals surface area contributed by atoms with Crippen LogP contribution in [0.2, 0.25) is 0 Å². The van der Waals surface area contributed by atoms with Gasteiger partial charge in [0.2, 0.25) is 0 Å². The molecule has 1 unspecified atom stereocenters. The smallest absolute Gasteiger partial charge is 0.339 e. The number of aromatic nitrogens is 2. The minimum atomic E-state index is -0.368. The third-order valence-corrected chi connectivity index (χ3v) is 3.88. The fraction of sp³-hybridized carbons (Fsp3) is 0.375. The summed E-state index contributed by atoms with van der Waals surface area (Å²) in [6, 6.07) is 5.80. The molecule has 3 rings (SSSR count). The van der Waals surface area contributed by atoms with Gasteiger partial charge in [0.1, 0.15) is 0 Å². The molecule has 1 atom stereocenters. The Morgan fingerprint density at radius 2 is 2.29 bits per heavy atom. The fourth-order valence-electron chi connectivity index (χ4n) is 2.43. The predicted octanol–water partition coefficient (Wildman–Crippen LogP) is 2.13. The molecule has 1 saturated carbocycles. The van der Waals surface area contributed by atoms with Crippen molar-refractivity contribution in [1.82, 2.24) is 9.55 Å². The fourth-order valence-corrected chi connectivity index (χ4v) is 2.43. The second kappa shape index (κ2) is 5.69. The van der Waals surface area contributed by atoms with Crippen molar-refractivity contribution in [3.63, 3.8) is 0 Å². The van der Waals surface area contributed by atoms with Gasteiger partial charge in [-0.3, -0.25) is 4.98 Å². The largest absolute Gasteiger partial charge is 0.465 e. The molecule has 5 nitrogen and oxygen atoms in total. The predicted molar refractivity (Wildman–Crippen MR) is 78.8 cm³/mol. The van der Waals surface area contributed by atoms with Crippen molar-refractivity contribution in [2.75, 3.05) is 7.11 Å². The number of rotatable bonds is 5. The summed E-state index contributed by atoms with van der Waals surface area (Å²) in [6.07, 6.45) is 8.12. The molecular formula is C16H19N3O2. The lowest BCUT2D eigenvalue weighted by atomic mass is 10.1. The lowest BCUT2D eigenvalue weighted by Gasteiger charge is -2.07. The average Bonchev–Trinajstić information content (AvgIpc) is 3.26. The van der Waals surface area contributed by atoms with Crippen LogP contribution in [0.25, 0.3) is 0 Å². The van der Waals surface area contributed by atoms with Crippen LogP contribution in [-0.2, 0) is 11.3 Å². The molecule has 5 heteroatoms. The van der Waals surface area contributed by atoms with Crippen LogP contribution < -0.4 is 5.73 Å². The van der Waals surface area contributed by atoms with Crippen LogP contribution in [0.1, 0.15) is 40.5 Å². The van der Waals surface area contributed by atoms with Gasteiger partial charge in [-0.15, -0.1) is 0 Å². The van der Waals surface area contributed by atoms with Crippen LogP contribution in [0.4, 0.5) is 0 Å². The molecule has 2 N–H and O–H groups in total. The Balaban J connectivity index is 1.67. The first-order valence-corrected chi connectivity index (χ1v) is 7.12. The highest BCUT2D eigenvalue weighted by Crippen LogP contribution is 2.39. The first-order valence-electron chi connectivity index (χ1n) is 7.12. The zero-order chi connectivity index (χ0) is 14.8. The number of esters is 1. The number of carbonyl (C=O) groups excluding carboxylic acids is 1. The van der Waals surface area contributed by atoms with Gasteiger partial charge in [0.05, 0.1) is 24.9 Å². The molecule has 0 bridgehead atoms. The van der Waals surface area contributed by atoms with Gasteiger partial charge < -0.3 is 15.0 Å². The van der Waals surface area contributed by atoms with Crippen molar-refractivity contribution in [2.45, 2.75) is 25.4 Å². The number of nitrogens with two attached hydrogens (primary N) is 1. The lowest BCUT2D eigenvalue weighted by Crippen LogP contribution is -2.11. The van der Waals surface area contributed by atoms with E-state index in [0.717, 1.165) is 5.69 Å². The number of ether oxygens (including phenoxy) is 1. The molecule has 0 saturated heterocycles. The normalized spacial score (nSPS) is 15.7. The lowest BCUT2D eigenvalue weighted by molar-refractivity contribution is 0.0600. The Morgan fingerprint density at radius 1 is 1.48 bits per heavy atom.